The Bertz CT molecular complexity index is 749. The molecule has 0 amide bonds. The van der Waals surface area contributed by atoms with Gasteiger partial charge in [-0.25, -0.2) is 4.98 Å². The number of methoxy groups -OCH3 is 1. The first-order chi connectivity index (χ1) is 9.19. The number of thiazole rings is 1. The van der Waals surface area contributed by atoms with Gasteiger partial charge in [0, 0.05) is 11.1 Å². The van der Waals surface area contributed by atoms with Crippen molar-refractivity contribution in [3.63, 3.8) is 0 Å². The summed E-state index contributed by atoms with van der Waals surface area (Å²) in [4.78, 5) is 4.61. The number of aromatic hydroxyl groups is 1. The van der Waals surface area contributed by atoms with Crippen molar-refractivity contribution in [2.45, 2.75) is 6.92 Å². The number of benzene rings is 2. The highest BCUT2D eigenvalue weighted by atomic mass is 32.1. The molecule has 3 aromatic rings. The number of nitrogens with zero attached hydrogens (tertiary/aromatic N) is 1. The highest BCUT2D eigenvalue weighted by Crippen LogP contribution is 2.35. The van der Waals surface area contributed by atoms with Crippen LogP contribution in [0.2, 0.25) is 0 Å². The fourth-order valence-corrected chi connectivity index (χ4v) is 3.08. The largest absolute Gasteiger partial charge is 0.508 e. The van der Waals surface area contributed by atoms with Gasteiger partial charge in [-0.2, -0.15) is 0 Å². The number of hydrogen-bond donors (Lipinski definition) is 1. The van der Waals surface area contributed by atoms with Crippen LogP contribution in [0.25, 0.3) is 20.8 Å². The van der Waals surface area contributed by atoms with E-state index in [-0.39, 0.29) is 0 Å². The minimum Gasteiger partial charge on any atom is -0.508 e. The summed E-state index contributed by atoms with van der Waals surface area (Å²) in [5.74, 6) is 1.13. The van der Waals surface area contributed by atoms with Gasteiger partial charge in [-0.3, -0.25) is 0 Å². The Balaban J connectivity index is 2.18. The quantitative estimate of drug-likeness (QED) is 0.766. The van der Waals surface area contributed by atoms with E-state index in [0.29, 0.717) is 5.75 Å². The third-order valence-corrected chi connectivity index (χ3v) is 4.18. The number of phenols is 1. The van der Waals surface area contributed by atoms with Crippen molar-refractivity contribution >= 4 is 21.6 Å². The van der Waals surface area contributed by atoms with E-state index in [1.807, 2.05) is 37.3 Å². The molecule has 3 rings (SSSR count). The Morgan fingerprint density at radius 3 is 2.84 bits per heavy atom. The molecule has 0 aliphatic rings. The summed E-state index contributed by atoms with van der Waals surface area (Å²) >= 11 is 1.60. The molecule has 0 fully saturated rings. The van der Waals surface area contributed by atoms with Gasteiger partial charge in [0.15, 0.2) is 0 Å². The van der Waals surface area contributed by atoms with E-state index < -0.39 is 0 Å². The lowest BCUT2D eigenvalue weighted by Crippen LogP contribution is -1.82. The van der Waals surface area contributed by atoms with Gasteiger partial charge < -0.3 is 9.84 Å². The second-order valence-corrected chi connectivity index (χ2v) is 5.33. The van der Waals surface area contributed by atoms with Crippen LogP contribution in [0.3, 0.4) is 0 Å². The van der Waals surface area contributed by atoms with Gasteiger partial charge in [0.05, 0.1) is 17.3 Å². The average Bonchev–Trinajstić information content (AvgIpc) is 2.84. The zero-order chi connectivity index (χ0) is 13.4. The van der Waals surface area contributed by atoms with Gasteiger partial charge in [-0.05, 0) is 31.2 Å². The van der Waals surface area contributed by atoms with Crippen LogP contribution in [0, 0.1) is 6.92 Å². The van der Waals surface area contributed by atoms with E-state index in [9.17, 15) is 5.11 Å². The van der Waals surface area contributed by atoms with E-state index in [1.165, 1.54) is 0 Å². The van der Waals surface area contributed by atoms with Gasteiger partial charge in [0.1, 0.15) is 16.5 Å². The van der Waals surface area contributed by atoms with Gasteiger partial charge in [0.25, 0.3) is 0 Å². The Morgan fingerprint density at radius 1 is 1.21 bits per heavy atom. The number of fused-ring (bicyclic) bond motifs is 1. The minimum atomic E-state index is 0.300. The molecule has 1 heterocycles. The molecular weight excluding hydrogens is 258 g/mol. The molecular formula is C15H13NO2S. The molecule has 0 spiro atoms. The van der Waals surface area contributed by atoms with Crippen LogP contribution in [0.5, 0.6) is 11.5 Å². The zero-order valence-corrected chi connectivity index (χ0v) is 11.5. The van der Waals surface area contributed by atoms with Crippen molar-refractivity contribution in [3.8, 4) is 22.1 Å². The van der Waals surface area contributed by atoms with Crippen molar-refractivity contribution in [1.29, 1.82) is 0 Å². The summed E-state index contributed by atoms with van der Waals surface area (Å²) in [6.45, 7) is 1.90. The van der Waals surface area contributed by atoms with Crippen molar-refractivity contribution in [1.82, 2.24) is 4.98 Å². The molecule has 0 aliphatic heterocycles. The van der Waals surface area contributed by atoms with Crippen molar-refractivity contribution in [3.05, 3.63) is 42.0 Å². The molecule has 0 radical (unpaired) electrons. The van der Waals surface area contributed by atoms with E-state index >= 15 is 0 Å². The van der Waals surface area contributed by atoms with Crippen molar-refractivity contribution in [2.75, 3.05) is 7.11 Å². The fraction of sp³-hybridized carbons (Fsp3) is 0.133. The molecule has 0 saturated carbocycles. The van der Waals surface area contributed by atoms with E-state index in [4.69, 9.17) is 4.74 Å². The molecule has 4 heteroatoms. The Hall–Kier alpha value is -2.07. The first kappa shape index (κ1) is 12.0. The van der Waals surface area contributed by atoms with Crippen LogP contribution < -0.4 is 4.74 Å². The average molecular weight is 271 g/mol. The van der Waals surface area contributed by atoms with Crippen molar-refractivity contribution < 1.29 is 9.84 Å². The lowest BCUT2D eigenvalue weighted by atomic mass is 10.1. The smallest absolute Gasteiger partial charge is 0.125 e. The number of ether oxygens (including phenoxy) is 1. The number of hydrogen-bond acceptors (Lipinski definition) is 4. The lowest BCUT2D eigenvalue weighted by molar-refractivity contribution is 0.415. The third-order valence-electron chi connectivity index (χ3n) is 3.13. The van der Waals surface area contributed by atoms with E-state index in [1.54, 1.807) is 24.5 Å². The maximum atomic E-state index is 9.78. The molecule has 1 aromatic heterocycles. The summed E-state index contributed by atoms with van der Waals surface area (Å²) in [7, 11) is 1.66. The Kier molecular flexibility index (Phi) is 2.87. The monoisotopic (exact) mass is 271 g/mol. The number of phenolic OH excluding ortho intramolecular Hbond substituents is 1. The summed E-state index contributed by atoms with van der Waals surface area (Å²) < 4.78 is 6.30. The molecule has 0 bridgehead atoms. The number of aromatic nitrogens is 1. The van der Waals surface area contributed by atoms with Gasteiger partial charge in [-0.15, -0.1) is 11.3 Å². The van der Waals surface area contributed by atoms with Crippen LogP contribution in [0.1, 0.15) is 5.56 Å². The van der Waals surface area contributed by atoms with E-state index in [0.717, 1.165) is 32.1 Å². The summed E-state index contributed by atoms with van der Waals surface area (Å²) in [6, 6.07) is 11.3. The topological polar surface area (TPSA) is 42.4 Å². The van der Waals surface area contributed by atoms with Crippen LogP contribution in [0.4, 0.5) is 0 Å². The van der Waals surface area contributed by atoms with Crippen LogP contribution >= 0.6 is 11.3 Å². The van der Waals surface area contributed by atoms with Gasteiger partial charge >= 0.3 is 0 Å². The highest BCUT2D eigenvalue weighted by Gasteiger charge is 2.11. The highest BCUT2D eigenvalue weighted by molar-refractivity contribution is 7.21. The Morgan fingerprint density at radius 2 is 2.05 bits per heavy atom. The zero-order valence-electron chi connectivity index (χ0n) is 10.7. The van der Waals surface area contributed by atoms with Crippen LogP contribution in [-0.4, -0.2) is 17.2 Å². The maximum absolute atomic E-state index is 9.78. The number of rotatable bonds is 2. The molecule has 1 N–H and O–H groups in total. The van der Waals surface area contributed by atoms with Crippen molar-refractivity contribution in [2.24, 2.45) is 0 Å². The molecule has 0 aliphatic carbocycles. The predicted octanol–water partition coefficient (Wildman–Crippen LogP) is 3.99. The SMILES string of the molecule is COc1ccc2nc(-c3cccc(O)c3C)sc2c1. The molecule has 2 aromatic carbocycles. The van der Waals surface area contributed by atoms with Gasteiger partial charge in [-0.1, -0.05) is 12.1 Å². The van der Waals surface area contributed by atoms with Crippen LogP contribution in [0.15, 0.2) is 36.4 Å². The standard InChI is InChI=1S/C15H13NO2S/c1-9-11(4-3-5-13(9)17)15-16-12-7-6-10(18-2)8-14(12)19-15/h3-8,17H,1-2H3. The third kappa shape index (κ3) is 2.04. The summed E-state index contributed by atoms with van der Waals surface area (Å²) in [5, 5.41) is 10.7. The van der Waals surface area contributed by atoms with E-state index in [2.05, 4.69) is 4.98 Å². The molecule has 96 valence electrons. The minimum absolute atomic E-state index is 0.300. The predicted molar refractivity (Wildman–Crippen MR) is 78.0 cm³/mol. The second-order valence-electron chi connectivity index (χ2n) is 4.30. The second kappa shape index (κ2) is 4.55. The molecule has 0 atom stereocenters. The molecule has 3 nitrogen and oxygen atoms in total. The first-order valence-corrected chi connectivity index (χ1v) is 6.74. The Labute approximate surface area is 115 Å². The normalized spacial score (nSPS) is 10.8. The fourth-order valence-electron chi connectivity index (χ4n) is 2.00. The first-order valence-electron chi connectivity index (χ1n) is 5.92. The van der Waals surface area contributed by atoms with Gasteiger partial charge in [0.2, 0.25) is 0 Å². The molecule has 0 unspecified atom stereocenters. The summed E-state index contributed by atoms with van der Waals surface area (Å²) in [5.41, 5.74) is 2.78. The van der Waals surface area contributed by atoms with Crippen LogP contribution in [-0.2, 0) is 0 Å². The summed E-state index contributed by atoms with van der Waals surface area (Å²) in [6.07, 6.45) is 0. The maximum Gasteiger partial charge on any atom is 0.125 e. The molecule has 0 saturated heterocycles. The lowest BCUT2D eigenvalue weighted by Gasteiger charge is -2.03. The molecule has 19 heavy (non-hydrogen) atoms.